The third-order valence-corrected chi connectivity index (χ3v) is 7.28. The summed E-state index contributed by atoms with van der Waals surface area (Å²) in [7, 11) is 0. The fraction of sp³-hybridized carbons (Fsp3) is 0.296. The zero-order valence-electron chi connectivity index (χ0n) is 19.3. The number of pyridine rings is 2. The number of fused-ring (bicyclic) bond motifs is 2. The van der Waals surface area contributed by atoms with Crippen LogP contribution in [0.3, 0.4) is 0 Å². The van der Waals surface area contributed by atoms with Gasteiger partial charge >= 0.3 is 0 Å². The molecule has 2 aliphatic rings. The summed E-state index contributed by atoms with van der Waals surface area (Å²) in [5.41, 5.74) is 5.97. The number of likely N-dealkylation sites (tertiary alicyclic amines) is 1. The van der Waals surface area contributed by atoms with Gasteiger partial charge in [-0.25, -0.2) is 9.97 Å². The van der Waals surface area contributed by atoms with E-state index in [4.69, 9.17) is 4.98 Å². The minimum atomic E-state index is 0.285. The van der Waals surface area contributed by atoms with E-state index in [-0.39, 0.29) is 5.92 Å². The van der Waals surface area contributed by atoms with Gasteiger partial charge in [0.25, 0.3) is 0 Å². The first kappa shape index (κ1) is 20.3. The second-order valence-electron chi connectivity index (χ2n) is 9.73. The van der Waals surface area contributed by atoms with Crippen molar-refractivity contribution < 1.29 is 4.79 Å². The topological polar surface area (TPSA) is 92.6 Å². The molecule has 1 saturated carbocycles. The van der Waals surface area contributed by atoms with Crippen LogP contribution in [0, 0.1) is 11.8 Å². The number of H-pyrrole nitrogens is 1. The minimum absolute atomic E-state index is 0.285. The Morgan fingerprint density at radius 1 is 1.00 bits per heavy atom. The number of hydrogen-bond donors (Lipinski definition) is 1. The molecule has 35 heavy (non-hydrogen) atoms. The summed E-state index contributed by atoms with van der Waals surface area (Å²) >= 11 is 0. The molecule has 1 aliphatic carbocycles. The number of hydrogen-bond acceptors (Lipinski definition) is 5. The SMILES string of the molecule is O=C(C1CC1)N1CC[C@@H](Cn2c(-c3ccc(-c4cnc5[nH]ncc5c4)cc3)nc3cnccc32)C1. The van der Waals surface area contributed by atoms with Crippen molar-refractivity contribution >= 4 is 28.0 Å². The van der Waals surface area contributed by atoms with Crippen LogP contribution in [0.1, 0.15) is 19.3 Å². The number of aromatic nitrogens is 6. The summed E-state index contributed by atoms with van der Waals surface area (Å²) in [5, 5.41) is 7.95. The molecule has 1 aliphatic heterocycles. The molecule has 5 aromatic rings. The fourth-order valence-electron chi connectivity index (χ4n) is 5.22. The fourth-order valence-corrected chi connectivity index (χ4v) is 5.22. The van der Waals surface area contributed by atoms with Crippen molar-refractivity contribution in [3.8, 4) is 22.5 Å². The normalized spacial score (nSPS) is 18.1. The highest BCUT2D eigenvalue weighted by Gasteiger charge is 2.36. The predicted molar refractivity (Wildman–Crippen MR) is 133 cm³/mol. The number of amides is 1. The summed E-state index contributed by atoms with van der Waals surface area (Å²) < 4.78 is 2.31. The number of imidazole rings is 1. The van der Waals surface area contributed by atoms with Crippen LogP contribution in [0.15, 0.2) is 61.2 Å². The minimum Gasteiger partial charge on any atom is -0.342 e. The molecule has 1 aromatic carbocycles. The Balaban J connectivity index is 1.19. The lowest BCUT2D eigenvalue weighted by molar-refractivity contribution is -0.131. The number of benzene rings is 1. The first-order valence-electron chi connectivity index (χ1n) is 12.2. The summed E-state index contributed by atoms with van der Waals surface area (Å²) in [6.07, 6.45) is 10.5. The molecule has 1 N–H and O–H groups in total. The van der Waals surface area contributed by atoms with Crippen LogP contribution in [0.4, 0.5) is 0 Å². The average molecular weight is 464 g/mol. The summed E-state index contributed by atoms with van der Waals surface area (Å²) in [6, 6.07) is 12.6. The van der Waals surface area contributed by atoms with Gasteiger partial charge < -0.3 is 9.47 Å². The largest absolute Gasteiger partial charge is 0.342 e. The molecule has 174 valence electrons. The first-order valence-corrected chi connectivity index (χ1v) is 12.2. The van der Waals surface area contributed by atoms with E-state index in [1.807, 2.05) is 24.7 Å². The van der Waals surface area contributed by atoms with Crippen molar-refractivity contribution in [3.05, 3.63) is 61.2 Å². The van der Waals surface area contributed by atoms with Gasteiger partial charge in [0.2, 0.25) is 5.91 Å². The Hall–Kier alpha value is -4.07. The first-order chi connectivity index (χ1) is 17.2. The Morgan fingerprint density at radius 2 is 1.86 bits per heavy atom. The molecule has 5 heterocycles. The molecule has 8 heteroatoms. The lowest BCUT2D eigenvalue weighted by Crippen LogP contribution is -2.30. The maximum Gasteiger partial charge on any atom is 0.225 e. The Morgan fingerprint density at radius 3 is 2.71 bits per heavy atom. The van der Waals surface area contributed by atoms with Crippen molar-refractivity contribution in [2.45, 2.75) is 25.8 Å². The Kier molecular flexibility index (Phi) is 4.65. The van der Waals surface area contributed by atoms with Gasteiger partial charge in [0.1, 0.15) is 11.3 Å². The molecular formula is C27H25N7O. The maximum atomic E-state index is 12.6. The van der Waals surface area contributed by atoms with Crippen molar-refractivity contribution in [2.75, 3.05) is 13.1 Å². The van der Waals surface area contributed by atoms with Crippen molar-refractivity contribution in [1.29, 1.82) is 0 Å². The molecule has 1 atom stereocenters. The molecule has 0 unspecified atom stereocenters. The zero-order valence-corrected chi connectivity index (χ0v) is 19.3. The van der Waals surface area contributed by atoms with Crippen LogP contribution >= 0.6 is 0 Å². The highest BCUT2D eigenvalue weighted by molar-refractivity contribution is 5.83. The maximum absolute atomic E-state index is 12.6. The van der Waals surface area contributed by atoms with E-state index in [0.717, 1.165) is 83.5 Å². The number of nitrogens with one attached hydrogen (secondary N) is 1. The van der Waals surface area contributed by atoms with Gasteiger partial charge in [0, 0.05) is 54.5 Å². The van der Waals surface area contributed by atoms with Gasteiger partial charge in [-0.05, 0) is 42.9 Å². The van der Waals surface area contributed by atoms with Crippen LogP contribution in [0.2, 0.25) is 0 Å². The van der Waals surface area contributed by atoms with E-state index in [9.17, 15) is 4.79 Å². The van der Waals surface area contributed by atoms with Gasteiger partial charge in [-0.3, -0.25) is 14.9 Å². The predicted octanol–water partition coefficient (Wildman–Crippen LogP) is 4.30. The van der Waals surface area contributed by atoms with Gasteiger partial charge in [0.05, 0.1) is 17.9 Å². The van der Waals surface area contributed by atoms with Gasteiger partial charge in [-0.1, -0.05) is 24.3 Å². The molecule has 1 amide bonds. The molecule has 8 nitrogen and oxygen atoms in total. The molecule has 2 fully saturated rings. The molecule has 1 saturated heterocycles. The second-order valence-corrected chi connectivity index (χ2v) is 9.73. The second kappa shape index (κ2) is 8.01. The van der Waals surface area contributed by atoms with Crippen molar-refractivity contribution in [2.24, 2.45) is 11.8 Å². The van der Waals surface area contributed by atoms with E-state index in [2.05, 4.69) is 60.0 Å². The van der Waals surface area contributed by atoms with E-state index in [0.29, 0.717) is 11.8 Å². The summed E-state index contributed by atoms with van der Waals surface area (Å²) in [6.45, 7) is 2.54. The molecular weight excluding hydrogens is 438 g/mol. The van der Waals surface area contributed by atoms with E-state index in [1.165, 1.54) is 0 Å². The number of carbonyl (C=O) groups excluding carboxylic acids is 1. The van der Waals surface area contributed by atoms with Crippen LogP contribution < -0.4 is 0 Å². The number of carbonyl (C=O) groups is 1. The zero-order chi connectivity index (χ0) is 23.4. The number of rotatable bonds is 5. The lowest BCUT2D eigenvalue weighted by atomic mass is 10.0. The van der Waals surface area contributed by atoms with Crippen LogP contribution in [-0.2, 0) is 11.3 Å². The molecule has 7 rings (SSSR count). The monoisotopic (exact) mass is 463 g/mol. The summed E-state index contributed by atoms with van der Waals surface area (Å²) in [5.74, 6) is 2.00. The highest BCUT2D eigenvalue weighted by atomic mass is 16.2. The average Bonchev–Trinajstić information content (AvgIpc) is 3.30. The lowest BCUT2D eigenvalue weighted by Gasteiger charge is -2.18. The van der Waals surface area contributed by atoms with Crippen LogP contribution in [0.25, 0.3) is 44.6 Å². The van der Waals surface area contributed by atoms with Crippen molar-refractivity contribution in [1.82, 2.24) is 34.6 Å². The third-order valence-electron chi connectivity index (χ3n) is 7.28. The van der Waals surface area contributed by atoms with Crippen LogP contribution in [-0.4, -0.2) is 53.6 Å². The van der Waals surface area contributed by atoms with E-state index in [1.54, 1.807) is 6.20 Å². The summed E-state index contributed by atoms with van der Waals surface area (Å²) in [4.78, 5) is 28.3. The van der Waals surface area contributed by atoms with E-state index < -0.39 is 0 Å². The molecule has 4 aromatic heterocycles. The van der Waals surface area contributed by atoms with Gasteiger partial charge in [0.15, 0.2) is 5.65 Å². The Labute approximate surface area is 202 Å². The third kappa shape index (κ3) is 3.65. The highest BCUT2D eigenvalue weighted by Crippen LogP contribution is 2.34. The quantitative estimate of drug-likeness (QED) is 0.420. The van der Waals surface area contributed by atoms with Gasteiger partial charge in [-0.2, -0.15) is 5.10 Å². The standard InChI is InChI=1S/C27H25N7O/c35-27(20-5-6-20)33-10-8-17(15-33)16-34-24-7-9-28-14-23(24)31-26(34)19-3-1-18(2-4-19)21-11-22-13-30-32-25(22)29-12-21/h1-4,7,9,11-14,17,20H,5-6,8,10,15-16H2,(H,29,30,32)/t17-/m1/s1. The molecule has 0 bridgehead atoms. The molecule has 0 spiro atoms. The van der Waals surface area contributed by atoms with E-state index >= 15 is 0 Å². The number of aromatic amines is 1. The number of nitrogens with zero attached hydrogens (tertiary/aromatic N) is 6. The van der Waals surface area contributed by atoms with Gasteiger partial charge in [-0.15, -0.1) is 0 Å². The van der Waals surface area contributed by atoms with Crippen LogP contribution in [0.5, 0.6) is 0 Å². The Bertz CT molecular complexity index is 1550. The smallest absolute Gasteiger partial charge is 0.225 e. The molecule has 0 radical (unpaired) electrons. The van der Waals surface area contributed by atoms with Crippen molar-refractivity contribution in [3.63, 3.8) is 0 Å².